The van der Waals surface area contributed by atoms with E-state index in [1.54, 1.807) is 6.07 Å². The standard InChI is InChI=1S/C16H18N2O2.C10H22O3/c1-16(2)9-13(18-7-3-4-15(18)19)12-8-11(10-17)5-6-14(12)20-16;1-9(2,5-11)7-13-8-10(3,4)6-12/h5-6,8,13H,3-4,7,9H2,1-2H3;11-12H,5-8H2,1-4H3. The van der Waals surface area contributed by atoms with Crippen molar-refractivity contribution in [3.8, 4) is 11.8 Å². The van der Waals surface area contributed by atoms with Gasteiger partial charge in [0.15, 0.2) is 0 Å². The minimum absolute atomic E-state index is 0.0250. The summed E-state index contributed by atoms with van der Waals surface area (Å²) in [4.78, 5) is 14.0. The number of carbonyl (C=O) groups is 1. The minimum Gasteiger partial charge on any atom is -0.487 e. The number of fused-ring (bicyclic) bond motifs is 1. The molecular weight excluding hydrogens is 420 g/mol. The smallest absolute Gasteiger partial charge is 0.223 e. The van der Waals surface area contributed by atoms with E-state index < -0.39 is 0 Å². The summed E-state index contributed by atoms with van der Waals surface area (Å²) in [5.41, 5.74) is 0.911. The number of rotatable bonds is 7. The van der Waals surface area contributed by atoms with Crippen molar-refractivity contribution in [2.24, 2.45) is 10.8 Å². The lowest BCUT2D eigenvalue weighted by atomic mass is 9.88. The van der Waals surface area contributed by atoms with Crippen LogP contribution in [-0.2, 0) is 9.53 Å². The van der Waals surface area contributed by atoms with E-state index >= 15 is 0 Å². The fourth-order valence-electron chi connectivity index (χ4n) is 3.86. The Morgan fingerprint density at radius 1 is 1.18 bits per heavy atom. The zero-order valence-corrected chi connectivity index (χ0v) is 21.0. The van der Waals surface area contributed by atoms with Crippen molar-refractivity contribution in [2.45, 2.75) is 72.4 Å². The third-order valence-electron chi connectivity index (χ3n) is 5.90. The number of hydrogen-bond acceptors (Lipinski definition) is 6. The lowest BCUT2D eigenvalue weighted by Gasteiger charge is -2.41. The summed E-state index contributed by atoms with van der Waals surface area (Å²) in [5, 5.41) is 27.0. The zero-order valence-electron chi connectivity index (χ0n) is 21.0. The van der Waals surface area contributed by atoms with E-state index in [9.17, 15) is 4.79 Å². The fraction of sp³-hybridized carbons (Fsp3) is 0.692. The van der Waals surface area contributed by atoms with E-state index in [1.165, 1.54) is 0 Å². The highest BCUT2D eigenvalue weighted by Crippen LogP contribution is 2.44. The van der Waals surface area contributed by atoms with Crippen molar-refractivity contribution in [3.63, 3.8) is 0 Å². The lowest BCUT2D eigenvalue weighted by molar-refractivity contribution is -0.131. The number of aliphatic hydroxyl groups is 2. The molecule has 0 radical (unpaired) electrons. The van der Waals surface area contributed by atoms with Crippen LogP contribution < -0.4 is 4.74 Å². The minimum atomic E-state index is -0.297. The van der Waals surface area contributed by atoms with E-state index in [4.69, 9.17) is 24.9 Å². The summed E-state index contributed by atoms with van der Waals surface area (Å²) in [6.45, 7) is 13.9. The number of benzene rings is 1. The second-order valence-corrected chi connectivity index (χ2v) is 11.3. The van der Waals surface area contributed by atoms with E-state index in [0.29, 0.717) is 25.2 Å². The van der Waals surface area contributed by atoms with E-state index in [2.05, 4.69) is 6.07 Å². The molecule has 0 spiro atoms. The Labute approximate surface area is 198 Å². The molecule has 2 heterocycles. The number of carbonyl (C=O) groups excluding carboxylic acids is 1. The number of ether oxygens (including phenoxy) is 2. The monoisotopic (exact) mass is 460 g/mol. The first kappa shape index (κ1) is 27.1. The van der Waals surface area contributed by atoms with Crippen molar-refractivity contribution in [3.05, 3.63) is 29.3 Å². The molecule has 2 N–H and O–H groups in total. The van der Waals surface area contributed by atoms with E-state index in [-0.39, 0.29) is 41.6 Å². The first-order chi connectivity index (χ1) is 15.3. The van der Waals surface area contributed by atoms with Crippen LogP contribution in [0.4, 0.5) is 0 Å². The topological polar surface area (TPSA) is 103 Å². The second kappa shape index (κ2) is 10.9. The summed E-state index contributed by atoms with van der Waals surface area (Å²) in [6.07, 6.45) is 2.32. The number of amides is 1. The van der Waals surface area contributed by atoms with Crippen LogP contribution in [-0.4, -0.2) is 59.6 Å². The average Bonchev–Trinajstić information content (AvgIpc) is 3.18. The molecule has 0 aromatic heterocycles. The molecular formula is C26H40N2O5. The molecule has 184 valence electrons. The normalized spacial score (nSPS) is 19.8. The van der Waals surface area contributed by atoms with Gasteiger partial charge in [-0.25, -0.2) is 0 Å². The molecule has 1 atom stereocenters. The Morgan fingerprint density at radius 3 is 2.27 bits per heavy atom. The number of nitrogens with zero attached hydrogens (tertiary/aromatic N) is 2. The molecule has 1 saturated heterocycles. The van der Waals surface area contributed by atoms with Crippen molar-refractivity contribution >= 4 is 5.91 Å². The van der Waals surface area contributed by atoms with Gasteiger partial charge in [-0.1, -0.05) is 27.7 Å². The predicted molar refractivity (Wildman–Crippen MR) is 127 cm³/mol. The van der Waals surface area contributed by atoms with Gasteiger partial charge in [-0.15, -0.1) is 0 Å². The van der Waals surface area contributed by atoms with Gasteiger partial charge in [-0.2, -0.15) is 5.26 Å². The first-order valence-electron chi connectivity index (χ1n) is 11.7. The largest absolute Gasteiger partial charge is 0.487 e. The van der Waals surface area contributed by atoms with Crippen molar-refractivity contribution in [2.75, 3.05) is 33.0 Å². The summed E-state index contributed by atoms with van der Waals surface area (Å²) >= 11 is 0. The van der Waals surface area contributed by atoms with Crippen LogP contribution in [0.2, 0.25) is 0 Å². The molecule has 0 aliphatic carbocycles. The number of aliphatic hydroxyl groups excluding tert-OH is 2. The summed E-state index contributed by atoms with van der Waals surface area (Å²) < 4.78 is 11.4. The van der Waals surface area contributed by atoms with Crippen LogP contribution in [0.1, 0.15) is 78.0 Å². The van der Waals surface area contributed by atoms with Crippen LogP contribution in [0.3, 0.4) is 0 Å². The molecule has 1 aromatic carbocycles. The second-order valence-electron chi connectivity index (χ2n) is 11.3. The maximum absolute atomic E-state index is 12.1. The number of likely N-dealkylation sites (tertiary alicyclic amines) is 1. The summed E-state index contributed by atoms with van der Waals surface area (Å²) in [6, 6.07) is 7.66. The summed E-state index contributed by atoms with van der Waals surface area (Å²) in [7, 11) is 0. The first-order valence-corrected chi connectivity index (χ1v) is 11.7. The highest BCUT2D eigenvalue weighted by atomic mass is 16.5. The van der Waals surface area contributed by atoms with Gasteiger partial charge < -0.3 is 24.6 Å². The van der Waals surface area contributed by atoms with Gasteiger partial charge in [0.2, 0.25) is 5.91 Å². The third kappa shape index (κ3) is 7.70. The molecule has 1 fully saturated rings. The van der Waals surface area contributed by atoms with Gasteiger partial charge in [-0.3, -0.25) is 4.79 Å². The van der Waals surface area contributed by atoms with Crippen LogP contribution >= 0.6 is 0 Å². The molecule has 3 rings (SSSR count). The molecule has 0 saturated carbocycles. The van der Waals surface area contributed by atoms with Crippen LogP contribution in [0.25, 0.3) is 0 Å². The van der Waals surface area contributed by atoms with Crippen LogP contribution in [0, 0.1) is 22.2 Å². The Hall–Kier alpha value is -2.14. The highest BCUT2D eigenvalue weighted by molar-refractivity contribution is 5.78. The predicted octanol–water partition coefficient (Wildman–Crippen LogP) is 3.82. The zero-order chi connectivity index (χ0) is 24.9. The molecule has 0 bridgehead atoms. The Bertz CT molecular complexity index is 841. The molecule has 2 aliphatic rings. The molecule has 2 aliphatic heterocycles. The molecule has 1 unspecified atom stereocenters. The maximum atomic E-state index is 12.1. The lowest BCUT2D eigenvalue weighted by Crippen LogP contribution is -2.42. The quantitative estimate of drug-likeness (QED) is 0.641. The molecule has 1 amide bonds. The van der Waals surface area contributed by atoms with Gasteiger partial charge >= 0.3 is 0 Å². The van der Waals surface area contributed by atoms with Crippen molar-refractivity contribution in [1.82, 2.24) is 4.90 Å². The number of hydrogen-bond donors (Lipinski definition) is 2. The van der Waals surface area contributed by atoms with Gasteiger partial charge in [0.25, 0.3) is 0 Å². The van der Waals surface area contributed by atoms with Gasteiger partial charge in [0.1, 0.15) is 11.4 Å². The van der Waals surface area contributed by atoms with Gasteiger partial charge in [0.05, 0.1) is 44.1 Å². The Balaban J connectivity index is 0.000000260. The third-order valence-corrected chi connectivity index (χ3v) is 5.90. The highest BCUT2D eigenvalue weighted by Gasteiger charge is 2.39. The maximum Gasteiger partial charge on any atom is 0.223 e. The van der Waals surface area contributed by atoms with E-state index in [0.717, 1.165) is 30.7 Å². The van der Waals surface area contributed by atoms with Crippen LogP contribution in [0.5, 0.6) is 5.75 Å². The molecule has 33 heavy (non-hydrogen) atoms. The summed E-state index contributed by atoms with van der Waals surface area (Å²) in [5.74, 6) is 1.01. The van der Waals surface area contributed by atoms with Crippen LogP contribution in [0.15, 0.2) is 18.2 Å². The van der Waals surface area contributed by atoms with Gasteiger partial charge in [0, 0.05) is 35.8 Å². The van der Waals surface area contributed by atoms with E-state index in [1.807, 2.05) is 58.6 Å². The Morgan fingerprint density at radius 2 is 1.79 bits per heavy atom. The number of nitriles is 1. The van der Waals surface area contributed by atoms with Gasteiger partial charge in [-0.05, 0) is 38.5 Å². The molecule has 1 aromatic rings. The van der Waals surface area contributed by atoms with Crippen molar-refractivity contribution in [1.29, 1.82) is 5.26 Å². The van der Waals surface area contributed by atoms with Crippen molar-refractivity contribution < 1.29 is 24.5 Å². The Kier molecular flexibility index (Phi) is 8.92. The SMILES string of the molecule is CC(C)(CO)COCC(C)(C)CO.CC1(C)CC(N2CCCC2=O)c2cc(C#N)ccc2O1. The molecule has 7 nitrogen and oxygen atoms in total. The average molecular weight is 461 g/mol. The molecule has 7 heteroatoms. The fourth-order valence-corrected chi connectivity index (χ4v) is 3.86.